The molecule has 0 aliphatic heterocycles. The Morgan fingerprint density at radius 3 is 2.88 bits per heavy atom. The van der Waals surface area contributed by atoms with E-state index in [-0.39, 0.29) is 5.82 Å². The molecular weight excluding hydrogens is 222 g/mol. The van der Waals surface area contributed by atoms with E-state index in [9.17, 15) is 10.1 Å². The molecule has 2 aromatic rings. The number of hydrogen-bond donors (Lipinski definition) is 0. The summed E-state index contributed by atoms with van der Waals surface area (Å²) in [6, 6.07) is 2.10. The lowest BCUT2D eigenvalue weighted by Gasteiger charge is -2.26. The molecular formula is C11H11N3O3. The van der Waals surface area contributed by atoms with Crippen LogP contribution in [0.4, 0.5) is 5.82 Å². The molecule has 0 aromatic carbocycles. The highest BCUT2D eigenvalue weighted by atomic mass is 16.6. The van der Waals surface area contributed by atoms with Crippen molar-refractivity contribution in [3.63, 3.8) is 0 Å². The predicted molar refractivity (Wildman–Crippen MR) is 59.5 cm³/mol. The van der Waals surface area contributed by atoms with E-state index in [0.717, 1.165) is 18.4 Å². The van der Waals surface area contributed by atoms with E-state index in [2.05, 4.69) is 4.98 Å². The second kappa shape index (κ2) is 3.73. The highest BCUT2D eigenvalue weighted by molar-refractivity contribution is 5.55. The van der Waals surface area contributed by atoms with Gasteiger partial charge < -0.3 is 19.1 Å². The molecule has 6 heteroatoms. The monoisotopic (exact) mass is 233 g/mol. The SMILES string of the molecule is O=[N+]([O-])c1cn(C2CCC2)c(-c2ccoc2)n1. The maximum absolute atomic E-state index is 10.8. The van der Waals surface area contributed by atoms with Crippen molar-refractivity contribution in [3.8, 4) is 11.4 Å². The molecule has 88 valence electrons. The van der Waals surface area contributed by atoms with Crippen LogP contribution in [0.1, 0.15) is 25.3 Å². The van der Waals surface area contributed by atoms with Crippen molar-refractivity contribution >= 4 is 5.82 Å². The zero-order valence-electron chi connectivity index (χ0n) is 9.07. The molecule has 0 saturated heterocycles. The van der Waals surface area contributed by atoms with Crippen LogP contribution in [0.3, 0.4) is 0 Å². The summed E-state index contributed by atoms with van der Waals surface area (Å²) >= 11 is 0. The summed E-state index contributed by atoms with van der Waals surface area (Å²) in [5.74, 6) is 0.517. The third-order valence-electron chi connectivity index (χ3n) is 3.15. The summed E-state index contributed by atoms with van der Waals surface area (Å²) in [5.41, 5.74) is 0.782. The third kappa shape index (κ3) is 1.61. The van der Waals surface area contributed by atoms with Gasteiger partial charge in [-0.3, -0.25) is 0 Å². The van der Waals surface area contributed by atoms with Gasteiger partial charge in [0.2, 0.25) is 0 Å². The van der Waals surface area contributed by atoms with Crippen LogP contribution in [-0.4, -0.2) is 14.5 Å². The topological polar surface area (TPSA) is 74.1 Å². The smallest absolute Gasteiger partial charge is 0.382 e. The first-order valence-corrected chi connectivity index (χ1v) is 5.51. The molecule has 0 spiro atoms. The van der Waals surface area contributed by atoms with Gasteiger partial charge in [-0.25, -0.2) is 0 Å². The summed E-state index contributed by atoms with van der Waals surface area (Å²) in [6.45, 7) is 0. The molecule has 0 unspecified atom stereocenters. The van der Waals surface area contributed by atoms with Gasteiger partial charge in [0.05, 0.1) is 11.8 Å². The van der Waals surface area contributed by atoms with Crippen LogP contribution in [0.15, 0.2) is 29.2 Å². The molecule has 1 fully saturated rings. The van der Waals surface area contributed by atoms with E-state index in [1.165, 1.54) is 12.6 Å². The Morgan fingerprint density at radius 2 is 2.35 bits per heavy atom. The summed E-state index contributed by atoms with van der Waals surface area (Å²) < 4.78 is 6.90. The molecule has 2 aromatic heterocycles. The van der Waals surface area contributed by atoms with Crippen molar-refractivity contribution in [2.45, 2.75) is 25.3 Å². The summed E-state index contributed by atoms with van der Waals surface area (Å²) in [6.07, 6.45) is 7.90. The number of hydrogen-bond acceptors (Lipinski definition) is 4. The second-order valence-electron chi connectivity index (χ2n) is 4.18. The van der Waals surface area contributed by atoms with Crippen molar-refractivity contribution < 1.29 is 9.34 Å². The Balaban J connectivity index is 2.08. The summed E-state index contributed by atoms with van der Waals surface area (Å²) in [7, 11) is 0. The van der Waals surface area contributed by atoms with Gasteiger partial charge in [-0.15, -0.1) is 0 Å². The Morgan fingerprint density at radius 1 is 1.53 bits per heavy atom. The second-order valence-corrected chi connectivity index (χ2v) is 4.18. The average molecular weight is 233 g/mol. The minimum Gasteiger partial charge on any atom is -0.472 e. The van der Waals surface area contributed by atoms with E-state index >= 15 is 0 Å². The minimum absolute atomic E-state index is 0.104. The fourth-order valence-electron chi connectivity index (χ4n) is 2.02. The first-order chi connectivity index (χ1) is 8.25. The summed E-state index contributed by atoms with van der Waals surface area (Å²) in [5, 5.41) is 10.8. The number of aromatic nitrogens is 2. The van der Waals surface area contributed by atoms with E-state index < -0.39 is 4.92 Å². The average Bonchev–Trinajstić information content (AvgIpc) is 2.80. The number of furan rings is 1. The molecule has 17 heavy (non-hydrogen) atoms. The quantitative estimate of drug-likeness (QED) is 0.603. The predicted octanol–water partition coefficient (Wildman–Crippen LogP) is 2.78. The number of nitrogens with zero attached hydrogens (tertiary/aromatic N) is 3. The van der Waals surface area contributed by atoms with E-state index in [4.69, 9.17) is 4.42 Å². The van der Waals surface area contributed by atoms with Crippen LogP contribution < -0.4 is 0 Å². The highest BCUT2D eigenvalue weighted by Gasteiger charge is 2.28. The minimum atomic E-state index is -0.460. The molecule has 1 aliphatic carbocycles. The molecule has 1 saturated carbocycles. The van der Waals surface area contributed by atoms with E-state index in [1.807, 2.05) is 4.57 Å². The maximum Gasteiger partial charge on any atom is 0.382 e. The molecule has 0 atom stereocenters. The number of nitro groups is 1. The van der Waals surface area contributed by atoms with Gasteiger partial charge in [-0.05, 0) is 35.2 Å². The molecule has 0 bridgehead atoms. The first kappa shape index (κ1) is 10.1. The Kier molecular flexibility index (Phi) is 2.21. The molecule has 6 nitrogen and oxygen atoms in total. The van der Waals surface area contributed by atoms with Crippen LogP contribution >= 0.6 is 0 Å². The van der Waals surface area contributed by atoms with Gasteiger partial charge in [0.15, 0.2) is 0 Å². The van der Waals surface area contributed by atoms with Crippen molar-refractivity contribution in [2.75, 3.05) is 0 Å². The van der Waals surface area contributed by atoms with Gasteiger partial charge in [-0.2, -0.15) is 0 Å². The first-order valence-electron chi connectivity index (χ1n) is 5.51. The van der Waals surface area contributed by atoms with Crippen LogP contribution in [0, 0.1) is 10.1 Å². The zero-order valence-corrected chi connectivity index (χ0v) is 9.07. The van der Waals surface area contributed by atoms with Crippen molar-refractivity contribution in [3.05, 3.63) is 34.9 Å². The Labute approximate surface area is 97.0 Å². The lowest BCUT2D eigenvalue weighted by atomic mass is 9.93. The fourth-order valence-corrected chi connectivity index (χ4v) is 2.02. The highest BCUT2D eigenvalue weighted by Crippen LogP contribution is 2.36. The normalized spacial score (nSPS) is 15.8. The molecule has 0 amide bonds. The van der Waals surface area contributed by atoms with Gasteiger partial charge >= 0.3 is 5.82 Å². The lowest BCUT2D eigenvalue weighted by molar-refractivity contribution is -0.389. The molecule has 1 aliphatic rings. The van der Waals surface area contributed by atoms with Crippen molar-refractivity contribution in [1.82, 2.24) is 9.55 Å². The Bertz CT molecular complexity index is 540. The largest absolute Gasteiger partial charge is 0.472 e. The molecule has 0 radical (unpaired) electrons. The van der Waals surface area contributed by atoms with Crippen LogP contribution in [0.2, 0.25) is 0 Å². The third-order valence-corrected chi connectivity index (χ3v) is 3.15. The van der Waals surface area contributed by atoms with Gasteiger partial charge in [0.25, 0.3) is 5.82 Å². The fraction of sp³-hybridized carbons (Fsp3) is 0.364. The van der Waals surface area contributed by atoms with Crippen LogP contribution in [0.25, 0.3) is 11.4 Å². The molecule has 2 heterocycles. The standard InChI is InChI=1S/C11H11N3O3/c15-14(16)10-6-13(9-2-1-3-9)11(12-10)8-4-5-17-7-8/h4-7,9H,1-3H2. The van der Waals surface area contributed by atoms with Gasteiger partial charge in [0.1, 0.15) is 12.5 Å². The van der Waals surface area contributed by atoms with Gasteiger partial charge in [0, 0.05) is 6.04 Å². The van der Waals surface area contributed by atoms with E-state index in [1.54, 1.807) is 18.6 Å². The van der Waals surface area contributed by atoms with Gasteiger partial charge in [-0.1, -0.05) is 0 Å². The lowest BCUT2D eigenvalue weighted by Crippen LogP contribution is -2.17. The maximum atomic E-state index is 10.8. The summed E-state index contributed by atoms with van der Waals surface area (Å²) in [4.78, 5) is 14.4. The van der Waals surface area contributed by atoms with Crippen molar-refractivity contribution in [1.29, 1.82) is 0 Å². The number of imidazole rings is 1. The Hall–Kier alpha value is -2.11. The van der Waals surface area contributed by atoms with E-state index in [0.29, 0.717) is 11.9 Å². The van der Waals surface area contributed by atoms with Crippen molar-refractivity contribution in [2.24, 2.45) is 0 Å². The number of rotatable bonds is 3. The zero-order chi connectivity index (χ0) is 11.8. The molecule has 3 rings (SSSR count). The van der Waals surface area contributed by atoms with Crippen LogP contribution in [0.5, 0.6) is 0 Å². The van der Waals surface area contributed by atoms with Crippen LogP contribution in [-0.2, 0) is 0 Å². The molecule has 0 N–H and O–H groups in total.